The number of rotatable bonds is 3. The molecule has 0 saturated carbocycles. The van der Waals surface area contributed by atoms with Crippen LogP contribution >= 0.6 is 35.4 Å². The molecule has 0 fully saturated rings. The van der Waals surface area contributed by atoms with Crippen molar-refractivity contribution >= 4 is 40.4 Å². The SMILES string of the molecule is CC(C)(C)c1ccc(CNC(=S)c2c(O)cc(Cl)cc2Cl)cc1. The fourth-order valence-corrected chi connectivity index (χ4v) is 3.10. The molecule has 0 aromatic heterocycles. The van der Waals surface area contributed by atoms with Gasteiger partial charge in [-0.25, -0.2) is 0 Å². The molecule has 0 aliphatic rings. The first-order valence-corrected chi connectivity index (χ1v) is 8.40. The fraction of sp³-hybridized carbons (Fsp3) is 0.278. The van der Waals surface area contributed by atoms with Crippen LogP contribution in [-0.4, -0.2) is 10.1 Å². The van der Waals surface area contributed by atoms with Gasteiger partial charge >= 0.3 is 0 Å². The van der Waals surface area contributed by atoms with Gasteiger partial charge in [0.1, 0.15) is 10.7 Å². The molecule has 0 amide bonds. The summed E-state index contributed by atoms with van der Waals surface area (Å²) in [6.07, 6.45) is 0. The van der Waals surface area contributed by atoms with Crippen LogP contribution in [0.2, 0.25) is 10.0 Å². The molecule has 2 aromatic rings. The van der Waals surface area contributed by atoms with Crippen LogP contribution in [-0.2, 0) is 12.0 Å². The van der Waals surface area contributed by atoms with Gasteiger partial charge in [-0.2, -0.15) is 0 Å². The Morgan fingerprint density at radius 1 is 1.13 bits per heavy atom. The highest BCUT2D eigenvalue weighted by Gasteiger charge is 2.14. The van der Waals surface area contributed by atoms with E-state index in [4.69, 9.17) is 35.4 Å². The van der Waals surface area contributed by atoms with Gasteiger partial charge in [0.2, 0.25) is 0 Å². The Balaban J connectivity index is 2.08. The Morgan fingerprint density at radius 2 is 1.74 bits per heavy atom. The predicted molar refractivity (Wildman–Crippen MR) is 102 cm³/mol. The summed E-state index contributed by atoms with van der Waals surface area (Å²) in [5, 5.41) is 13.8. The van der Waals surface area contributed by atoms with E-state index < -0.39 is 0 Å². The Hall–Kier alpha value is -1.29. The summed E-state index contributed by atoms with van der Waals surface area (Å²) in [6.45, 7) is 7.10. The molecule has 2 rings (SSSR count). The summed E-state index contributed by atoms with van der Waals surface area (Å²) in [5.74, 6) is -0.0249. The second-order valence-corrected chi connectivity index (χ2v) is 7.66. The minimum Gasteiger partial charge on any atom is -0.507 e. The van der Waals surface area contributed by atoms with Gasteiger partial charge in [0, 0.05) is 11.6 Å². The van der Waals surface area contributed by atoms with Crippen LogP contribution in [0.1, 0.15) is 37.5 Å². The maximum absolute atomic E-state index is 9.97. The van der Waals surface area contributed by atoms with E-state index in [2.05, 4.69) is 50.4 Å². The molecular weight excluding hydrogens is 349 g/mol. The molecule has 0 saturated heterocycles. The maximum Gasteiger partial charge on any atom is 0.128 e. The monoisotopic (exact) mass is 367 g/mol. The number of hydrogen-bond donors (Lipinski definition) is 2. The summed E-state index contributed by atoms with van der Waals surface area (Å²) in [7, 11) is 0. The fourth-order valence-electron chi connectivity index (χ4n) is 2.18. The van der Waals surface area contributed by atoms with Gasteiger partial charge in [-0.3, -0.25) is 0 Å². The van der Waals surface area contributed by atoms with Gasteiger partial charge in [-0.1, -0.05) is 80.5 Å². The molecule has 0 spiro atoms. The number of phenolic OH excluding ortho intramolecular Hbond substituents is 1. The second kappa shape index (κ2) is 7.08. The molecule has 23 heavy (non-hydrogen) atoms. The standard InChI is InChI=1S/C18H19Cl2NOS/c1-18(2,3)12-6-4-11(5-7-12)10-21-17(23)16-14(20)8-13(19)9-15(16)22/h4-9,22H,10H2,1-3H3,(H,21,23). The number of halogens is 2. The second-order valence-electron chi connectivity index (χ2n) is 6.41. The number of hydrogen-bond acceptors (Lipinski definition) is 2. The molecule has 0 aliphatic heterocycles. The van der Waals surface area contributed by atoms with Crippen molar-refractivity contribution in [1.29, 1.82) is 0 Å². The van der Waals surface area contributed by atoms with Crippen LogP contribution in [0.15, 0.2) is 36.4 Å². The van der Waals surface area contributed by atoms with Crippen molar-refractivity contribution in [2.24, 2.45) is 0 Å². The van der Waals surface area contributed by atoms with E-state index >= 15 is 0 Å². The minimum absolute atomic E-state index is 0.0249. The molecular formula is C18H19Cl2NOS. The summed E-state index contributed by atoms with van der Waals surface area (Å²) in [6, 6.07) is 11.4. The normalized spacial score (nSPS) is 11.3. The molecule has 5 heteroatoms. The van der Waals surface area contributed by atoms with Crippen LogP contribution in [0.3, 0.4) is 0 Å². The Kier molecular flexibility index (Phi) is 5.56. The lowest BCUT2D eigenvalue weighted by Gasteiger charge is -2.19. The third-order valence-electron chi connectivity index (χ3n) is 3.53. The minimum atomic E-state index is -0.0249. The highest BCUT2D eigenvalue weighted by molar-refractivity contribution is 7.80. The van der Waals surface area contributed by atoms with Crippen LogP contribution in [0.4, 0.5) is 0 Å². The smallest absolute Gasteiger partial charge is 0.128 e. The summed E-state index contributed by atoms with van der Waals surface area (Å²) >= 11 is 17.3. The zero-order valence-corrected chi connectivity index (χ0v) is 15.6. The van der Waals surface area contributed by atoms with Crippen LogP contribution in [0.25, 0.3) is 0 Å². The summed E-state index contributed by atoms with van der Waals surface area (Å²) in [4.78, 5) is 0.393. The van der Waals surface area contributed by atoms with Crippen molar-refractivity contribution in [2.45, 2.75) is 32.7 Å². The highest BCUT2D eigenvalue weighted by Crippen LogP contribution is 2.30. The van der Waals surface area contributed by atoms with Gasteiger partial charge in [0.05, 0.1) is 10.6 Å². The van der Waals surface area contributed by atoms with Gasteiger partial charge in [-0.15, -0.1) is 0 Å². The largest absolute Gasteiger partial charge is 0.507 e. The third kappa shape index (κ3) is 4.60. The van der Waals surface area contributed by atoms with Gasteiger partial charge in [0.25, 0.3) is 0 Å². The molecule has 2 aromatic carbocycles. The van der Waals surface area contributed by atoms with Gasteiger partial charge in [0.15, 0.2) is 0 Å². The van der Waals surface area contributed by atoms with E-state index in [-0.39, 0.29) is 11.2 Å². The van der Waals surface area contributed by atoms with E-state index in [1.807, 2.05) is 0 Å². The van der Waals surface area contributed by atoms with Crippen molar-refractivity contribution < 1.29 is 5.11 Å². The summed E-state index contributed by atoms with van der Waals surface area (Å²) < 4.78 is 0. The highest BCUT2D eigenvalue weighted by atomic mass is 35.5. The number of thiocarbonyl (C=S) groups is 1. The van der Waals surface area contributed by atoms with E-state index in [0.717, 1.165) is 5.56 Å². The van der Waals surface area contributed by atoms with Crippen molar-refractivity contribution in [3.63, 3.8) is 0 Å². The number of aromatic hydroxyl groups is 1. The van der Waals surface area contributed by atoms with Gasteiger partial charge in [-0.05, 0) is 28.7 Å². The average Bonchev–Trinajstić information content (AvgIpc) is 2.43. The molecule has 0 unspecified atom stereocenters. The topological polar surface area (TPSA) is 32.3 Å². The van der Waals surface area contributed by atoms with Crippen LogP contribution in [0.5, 0.6) is 5.75 Å². The lowest BCUT2D eigenvalue weighted by molar-refractivity contribution is 0.474. The molecule has 0 atom stereocenters. The first-order valence-electron chi connectivity index (χ1n) is 7.24. The van der Waals surface area contributed by atoms with Crippen LogP contribution < -0.4 is 5.32 Å². The first kappa shape index (κ1) is 18.1. The Morgan fingerprint density at radius 3 is 2.26 bits per heavy atom. The lowest BCUT2D eigenvalue weighted by Crippen LogP contribution is -2.22. The molecule has 2 nitrogen and oxygen atoms in total. The predicted octanol–water partition coefficient (Wildman–Crippen LogP) is 5.46. The first-order chi connectivity index (χ1) is 10.7. The molecule has 2 N–H and O–H groups in total. The number of benzene rings is 2. The molecule has 0 radical (unpaired) electrons. The zero-order chi connectivity index (χ0) is 17.2. The van der Waals surface area contributed by atoms with Crippen LogP contribution in [0, 0.1) is 0 Å². The van der Waals surface area contributed by atoms with Gasteiger partial charge < -0.3 is 10.4 Å². The zero-order valence-electron chi connectivity index (χ0n) is 13.3. The van der Waals surface area contributed by atoms with E-state index in [9.17, 15) is 5.11 Å². The molecule has 122 valence electrons. The quantitative estimate of drug-likeness (QED) is 0.706. The van der Waals surface area contributed by atoms with E-state index in [0.29, 0.717) is 27.1 Å². The summed E-state index contributed by atoms with van der Waals surface area (Å²) in [5.41, 5.74) is 2.91. The Labute approximate surface area is 152 Å². The maximum atomic E-state index is 9.97. The number of nitrogens with one attached hydrogen (secondary N) is 1. The van der Waals surface area contributed by atoms with Crippen molar-refractivity contribution in [1.82, 2.24) is 5.32 Å². The molecule has 0 bridgehead atoms. The molecule has 0 aliphatic carbocycles. The Bertz CT molecular complexity index is 698. The van der Waals surface area contributed by atoms with Crippen molar-refractivity contribution in [3.8, 4) is 5.75 Å². The average molecular weight is 368 g/mol. The third-order valence-corrected chi connectivity index (χ3v) is 4.40. The lowest BCUT2D eigenvalue weighted by atomic mass is 9.87. The molecule has 0 heterocycles. The van der Waals surface area contributed by atoms with Crippen molar-refractivity contribution in [3.05, 3.63) is 63.1 Å². The van der Waals surface area contributed by atoms with E-state index in [1.165, 1.54) is 11.6 Å². The number of phenols is 1. The van der Waals surface area contributed by atoms with E-state index in [1.54, 1.807) is 6.07 Å². The van der Waals surface area contributed by atoms with Crippen molar-refractivity contribution in [2.75, 3.05) is 0 Å².